The van der Waals surface area contributed by atoms with Gasteiger partial charge in [0.25, 0.3) is 5.91 Å². The molecule has 2 aromatic rings. The van der Waals surface area contributed by atoms with E-state index >= 15 is 0 Å². The SMILES string of the molecule is O=C(NC1CCOc2ccccc21)C1=Cc2ccccc2OC1. The van der Waals surface area contributed by atoms with Crippen molar-refractivity contribution in [1.82, 2.24) is 5.32 Å². The zero-order valence-electron chi connectivity index (χ0n) is 12.6. The van der Waals surface area contributed by atoms with Crippen molar-refractivity contribution >= 4 is 12.0 Å². The summed E-state index contributed by atoms with van der Waals surface area (Å²) >= 11 is 0. The monoisotopic (exact) mass is 307 g/mol. The van der Waals surface area contributed by atoms with Crippen molar-refractivity contribution in [2.75, 3.05) is 13.2 Å². The minimum atomic E-state index is -0.0822. The Hall–Kier alpha value is -2.75. The number of amides is 1. The van der Waals surface area contributed by atoms with Gasteiger partial charge < -0.3 is 14.8 Å². The third-order valence-corrected chi connectivity index (χ3v) is 4.19. The van der Waals surface area contributed by atoms with Gasteiger partial charge in [-0.15, -0.1) is 0 Å². The van der Waals surface area contributed by atoms with Gasteiger partial charge in [0.05, 0.1) is 18.2 Å². The maximum atomic E-state index is 12.6. The van der Waals surface area contributed by atoms with Crippen LogP contribution in [-0.2, 0) is 4.79 Å². The Morgan fingerprint density at radius 2 is 1.78 bits per heavy atom. The smallest absolute Gasteiger partial charge is 0.251 e. The molecular formula is C19H17NO3. The molecule has 1 amide bonds. The first-order valence-corrected chi connectivity index (χ1v) is 7.76. The molecule has 0 saturated carbocycles. The van der Waals surface area contributed by atoms with Crippen molar-refractivity contribution in [1.29, 1.82) is 0 Å². The van der Waals surface area contributed by atoms with E-state index in [4.69, 9.17) is 9.47 Å². The van der Waals surface area contributed by atoms with E-state index in [2.05, 4.69) is 5.32 Å². The molecule has 1 unspecified atom stereocenters. The van der Waals surface area contributed by atoms with E-state index in [0.29, 0.717) is 18.8 Å². The standard InChI is InChI=1S/C19H17NO3/c21-19(14-11-13-5-1-3-7-17(13)23-12-14)20-16-9-10-22-18-8-4-2-6-15(16)18/h1-8,11,16H,9-10,12H2,(H,20,21). The molecule has 0 aromatic heterocycles. The quantitative estimate of drug-likeness (QED) is 0.927. The first-order valence-electron chi connectivity index (χ1n) is 7.76. The summed E-state index contributed by atoms with van der Waals surface area (Å²) in [6.45, 7) is 0.911. The van der Waals surface area contributed by atoms with Crippen molar-refractivity contribution in [3.8, 4) is 11.5 Å². The molecule has 0 saturated heterocycles. The van der Waals surface area contributed by atoms with Gasteiger partial charge in [-0.05, 0) is 18.2 Å². The molecule has 0 radical (unpaired) electrons. The molecule has 1 atom stereocenters. The fourth-order valence-corrected chi connectivity index (χ4v) is 2.99. The van der Waals surface area contributed by atoms with Gasteiger partial charge in [-0.1, -0.05) is 36.4 Å². The zero-order valence-corrected chi connectivity index (χ0v) is 12.6. The predicted molar refractivity (Wildman–Crippen MR) is 87.4 cm³/mol. The first kappa shape index (κ1) is 13.9. The van der Waals surface area contributed by atoms with E-state index in [9.17, 15) is 4.79 Å². The highest BCUT2D eigenvalue weighted by Gasteiger charge is 2.25. The molecule has 4 heteroatoms. The summed E-state index contributed by atoms with van der Waals surface area (Å²) in [7, 11) is 0. The number of carbonyl (C=O) groups excluding carboxylic acids is 1. The average molecular weight is 307 g/mol. The molecule has 0 fully saturated rings. The lowest BCUT2D eigenvalue weighted by atomic mass is 9.99. The molecule has 2 aliphatic rings. The summed E-state index contributed by atoms with van der Waals surface area (Å²) < 4.78 is 11.3. The van der Waals surface area contributed by atoms with E-state index in [0.717, 1.165) is 29.0 Å². The fraction of sp³-hybridized carbons (Fsp3) is 0.211. The second kappa shape index (κ2) is 5.80. The molecule has 1 N–H and O–H groups in total. The van der Waals surface area contributed by atoms with Crippen LogP contribution in [0, 0.1) is 0 Å². The van der Waals surface area contributed by atoms with Crippen LogP contribution >= 0.6 is 0 Å². The van der Waals surface area contributed by atoms with Gasteiger partial charge in [-0.2, -0.15) is 0 Å². The summed E-state index contributed by atoms with van der Waals surface area (Å²) in [5.41, 5.74) is 2.62. The Morgan fingerprint density at radius 1 is 1.00 bits per heavy atom. The number of ether oxygens (including phenoxy) is 2. The number of hydrogen-bond donors (Lipinski definition) is 1. The van der Waals surface area contributed by atoms with Crippen LogP contribution in [-0.4, -0.2) is 19.1 Å². The third kappa shape index (κ3) is 2.68. The number of benzene rings is 2. The Balaban J connectivity index is 1.55. The number of fused-ring (bicyclic) bond motifs is 2. The summed E-state index contributed by atoms with van der Waals surface area (Å²) in [5.74, 6) is 1.59. The zero-order chi connectivity index (χ0) is 15.6. The van der Waals surface area contributed by atoms with Crippen molar-refractivity contribution in [2.45, 2.75) is 12.5 Å². The number of para-hydroxylation sites is 2. The minimum Gasteiger partial charge on any atom is -0.493 e. The van der Waals surface area contributed by atoms with E-state index in [1.54, 1.807) is 0 Å². The molecule has 0 spiro atoms. The summed E-state index contributed by atoms with van der Waals surface area (Å²) in [5, 5.41) is 3.11. The Labute approximate surface area is 134 Å². The molecule has 4 rings (SSSR count). The first-order chi connectivity index (χ1) is 11.3. The molecule has 4 nitrogen and oxygen atoms in total. The van der Waals surface area contributed by atoms with Crippen molar-refractivity contribution in [3.05, 3.63) is 65.2 Å². The highest BCUT2D eigenvalue weighted by atomic mass is 16.5. The maximum Gasteiger partial charge on any atom is 0.251 e. The Bertz CT molecular complexity index is 782. The van der Waals surface area contributed by atoms with Gasteiger partial charge in [-0.25, -0.2) is 0 Å². The molecule has 2 aromatic carbocycles. The van der Waals surface area contributed by atoms with Gasteiger partial charge in [0.1, 0.15) is 18.1 Å². The highest BCUT2D eigenvalue weighted by molar-refractivity contribution is 5.99. The van der Waals surface area contributed by atoms with E-state index < -0.39 is 0 Å². The van der Waals surface area contributed by atoms with E-state index in [1.807, 2.05) is 54.6 Å². The van der Waals surface area contributed by atoms with Gasteiger partial charge in [0.15, 0.2) is 0 Å². The van der Waals surface area contributed by atoms with Crippen LogP contribution in [0.15, 0.2) is 54.1 Å². The summed E-state index contributed by atoms with van der Waals surface area (Å²) in [4.78, 5) is 12.6. The topological polar surface area (TPSA) is 47.6 Å². The van der Waals surface area contributed by atoms with Crippen molar-refractivity contribution in [2.24, 2.45) is 0 Å². The second-order valence-corrected chi connectivity index (χ2v) is 5.70. The average Bonchev–Trinajstić information content (AvgIpc) is 2.61. The van der Waals surface area contributed by atoms with Crippen LogP contribution < -0.4 is 14.8 Å². The van der Waals surface area contributed by atoms with Crippen LogP contribution in [0.5, 0.6) is 11.5 Å². The lowest BCUT2D eigenvalue weighted by Gasteiger charge is -2.27. The second-order valence-electron chi connectivity index (χ2n) is 5.70. The Kier molecular flexibility index (Phi) is 3.50. The van der Waals surface area contributed by atoms with Crippen LogP contribution in [0.2, 0.25) is 0 Å². The number of hydrogen-bond acceptors (Lipinski definition) is 3. The summed E-state index contributed by atoms with van der Waals surface area (Å²) in [6.07, 6.45) is 2.67. The van der Waals surface area contributed by atoms with Crippen molar-refractivity contribution in [3.63, 3.8) is 0 Å². The van der Waals surface area contributed by atoms with Gasteiger partial charge in [0, 0.05) is 17.5 Å². The maximum absolute atomic E-state index is 12.6. The van der Waals surface area contributed by atoms with Gasteiger partial charge in [0.2, 0.25) is 0 Å². The molecule has 0 aliphatic carbocycles. The van der Waals surface area contributed by atoms with Crippen LogP contribution in [0.1, 0.15) is 23.6 Å². The normalized spacial score (nSPS) is 18.6. The molecule has 2 aliphatic heterocycles. The van der Waals surface area contributed by atoms with E-state index in [-0.39, 0.29) is 11.9 Å². The largest absolute Gasteiger partial charge is 0.493 e. The molecule has 0 bridgehead atoms. The van der Waals surface area contributed by atoms with Crippen LogP contribution in [0.4, 0.5) is 0 Å². The number of carbonyl (C=O) groups is 1. The highest BCUT2D eigenvalue weighted by Crippen LogP contribution is 2.32. The van der Waals surface area contributed by atoms with Crippen molar-refractivity contribution < 1.29 is 14.3 Å². The number of rotatable bonds is 2. The Morgan fingerprint density at radius 3 is 2.70 bits per heavy atom. The molecule has 23 heavy (non-hydrogen) atoms. The molecule has 116 valence electrons. The van der Waals surface area contributed by atoms with Gasteiger partial charge in [-0.3, -0.25) is 4.79 Å². The molecular weight excluding hydrogens is 290 g/mol. The van der Waals surface area contributed by atoms with E-state index in [1.165, 1.54) is 0 Å². The summed E-state index contributed by atoms with van der Waals surface area (Å²) in [6, 6.07) is 15.5. The van der Waals surface area contributed by atoms with Crippen LogP contribution in [0.25, 0.3) is 6.08 Å². The predicted octanol–water partition coefficient (Wildman–Crippen LogP) is 3.10. The minimum absolute atomic E-state index is 0.0227. The van der Waals surface area contributed by atoms with Crippen LogP contribution in [0.3, 0.4) is 0 Å². The number of nitrogens with one attached hydrogen (secondary N) is 1. The third-order valence-electron chi connectivity index (χ3n) is 4.19. The fourth-order valence-electron chi connectivity index (χ4n) is 2.99. The van der Waals surface area contributed by atoms with Gasteiger partial charge >= 0.3 is 0 Å². The lowest BCUT2D eigenvalue weighted by molar-refractivity contribution is -0.118. The lowest BCUT2D eigenvalue weighted by Crippen LogP contribution is -2.34. The molecule has 2 heterocycles.